The number of anilines is 1. The number of phenolic OH excluding ortho intramolecular Hbond substituents is 1. The number of amides is 1. The second-order valence-corrected chi connectivity index (χ2v) is 7.81. The molecular weight excluding hydrogens is 374 g/mol. The van der Waals surface area contributed by atoms with Gasteiger partial charge in [-0.2, -0.15) is 5.10 Å². The average Bonchev–Trinajstić information content (AvgIpc) is 2.88. The first kappa shape index (κ1) is 18.4. The monoisotopic (exact) mass is 395 g/mol. The highest BCUT2D eigenvalue weighted by atomic mass is 32.2. The van der Waals surface area contributed by atoms with Crippen LogP contribution in [-0.2, 0) is 4.79 Å². The van der Waals surface area contributed by atoms with Gasteiger partial charge in [-0.15, -0.1) is 11.8 Å². The van der Waals surface area contributed by atoms with Crippen molar-refractivity contribution in [2.45, 2.75) is 19.1 Å². The Morgan fingerprint density at radius 2 is 2.04 bits per heavy atom. The lowest BCUT2D eigenvalue weighted by Crippen LogP contribution is -2.16. The van der Waals surface area contributed by atoms with Gasteiger partial charge >= 0.3 is 0 Å². The third-order valence-electron chi connectivity index (χ3n) is 4.86. The molecular formula is C21H21N3O3S. The van der Waals surface area contributed by atoms with Crippen LogP contribution < -0.4 is 10.1 Å². The minimum Gasteiger partial charge on any atom is -0.504 e. The first-order valence-corrected chi connectivity index (χ1v) is 9.98. The summed E-state index contributed by atoms with van der Waals surface area (Å²) in [5.74, 6) is 1.46. The highest BCUT2D eigenvalue weighted by Crippen LogP contribution is 2.45. The van der Waals surface area contributed by atoms with Crippen LogP contribution in [0.4, 0.5) is 5.82 Å². The van der Waals surface area contributed by atoms with Crippen molar-refractivity contribution >= 4 is 23.5 Å². The molecule has 28 heavy (non-hydrogen) atoms. The van der Waals surface area contributed by atoms with Gasteiger partial charge in [-0.25, -0.2) is 4.68 Å². The first-order valence-electron chi connectivity index (χ1n) is 8.93. The van der Waals surface area contributed by atoms with Gasteiger partial charge in [0.15, 0.2) is 11.5 Å². The summed E-state index contributed by atoms with van der Waals surface area (Å²) in [4.78, 5) is 12.4. The van der Waals surface area contributed by atoms with E-state index < -0.39 is 0 Å². The van der Waals surface area contributed by atoms with E-state index in [1.807, 2.05) is 54.9 Å². The zero-order chi connectivity index (χ0) is 19.8. The van der Waals surface area contributed by atoms with Crippen LogP contribution in [0.25, 0.3) is 5.69 Å². The Labute approximate surface area is 167 Å². The molecule has 0 saturated heterocycles. The molecule has 7 heteroatoms. The molecule has 3 aromatic rings. The quantitative estimate of drug-likeness (QED) is 0.702. The maximum atomic E-state index is 12.4. The number of aryl methyl sites for hydroxylation is 2. The van der Waals surface area contributed by atoms with Crippen LogP contribution in [0.5, 0.6) is 11.5 Å². The summed E-state index contributed by atoms with van der Waals surface area (Å²) < 4.78 is 7.09. The number of nitrogens with zero attached hydrogens (tertiary/aromatic N) is 2. The van der Waals surface area contributed by atoms with Crippen LogP contribution in [0.2, 0.25) is 0 Å². The maximum Gasteiger partial charge on any atom is 0.235 e. The van der Waals surface area contributed by atoms with E-state index in [4.69, 9.17) is 9.84 Å². The van der Waals surface area contributed by atoms with Gasteiger partial charge in [0.05, 0.1) is 29.5 Å². The van der Waals surface area contributed by atoms with Crippen molar-refractivity contribution in [1.29, 1.82) is 0 Å². The van der Waals surface area contributed by atoms with Gasteiger partial charge < -0.3 is 15.2 Å². The molecule has 2 heterocycles. The molecule has 6 nitrogen and oxygen atoms in total. The molecule has 1 unspecified atom stereocenters. The third kappa shape index (κ3) is 3.11. The van der Waals surface area contributed by atoms with E-state index in [-0.39, 0.29) is 16.9 Å². The lowest BCUT2D eigenvalue weighted by Gasteiger charge is -2.17. The van der Waals surface area contributed by atoms with Crippen molar-refractivity contribution in [3.8, 4) is 17.2 Å². The van der Waals surface area contributed by atoms with Crippen LogP contribution in [0, 0.1) is 13.8 Å². The normalized spacial score (nSPS) is 16.2. The summed E-state index contributed by atoms with van der Waals surface area (Å²) >= 11 is 1.54. The standard InChI is InChI=1S/C21H21N3O3S/c1-12-6-4-5-7-15(12)24-21-19(13(2)23-24)20(28-11-18(26)22-21)14-8-9-16(25)17(10-14)27-3/h4-10,20,25H,11H2,1-3H3,(H,22,26). The second kappa shape index (κ2) is 7.24. The molecule has 4 rings (SSSR count). The van der Waals surface area contributed by atoms with Gasteiger partial charge in [0.25, 0.3) is 0 Å². The molecule has 1 aromatic heterocycles. The summed E-state index contributed by atoms with van der Waals surface area (Å²) in [5.41, 5.74) is 4.77. The van der Waals surface area contributed by atoms with E-state index >= 15 is 0 Å². The molecule has 2 aromatic carbocycles. The lowest BCUT2D eigenvalue weighted by atomic mass is 10.0. The Morgan fingerprint density at radius 3 is 2.79 bits per heavy atom. The van der Waals surface area contributed by atoms with Gasteiger partial charge in [0.2, 0.25) is 5.91 Å². The summed E-state index contributed by atoms with van der Waals surface area (Å²) in [6, 6.07) is 13.3. The number of carbonyl (C=O) groups is 1. The van der Waals surface area contributed by atoms with Crippen molar-refractivity contribution < 1.29 is 14.6 Å². The molecule has 1 aliphatic rings. The van der Waals surface area contributed by atoms with Crippen LogP contribution in [0.15, 0.2) is 42.5 Å². The van der Waals surface area contributed by atoms with E-state index in [1.54, 1.807) is 6.07 Å². The molecule has 0 bridgehead atoms. The predicted octanol–water partition coefficient (Wildman–Crippen LogP) is 3.98. The number of rotatable bonds is 3. The fraction of sp³-hybridized carbons (Fsp3) is 0.238. The maximum absolute atomic E-state index is 12.4. The fourth-order valence-corrected chi connectivity index (χ4v) is 4.66. The van der Waals surface area contributed by atoms with Crippen LogP contribution in [-0.4, -0.2) is 33.7 Å². The molecule has 0 spiro atoms. The number of aromatic hydroxyl groups is 1. The summed E-state index contributed by atoms with van der Waals surface area (Å²) in [5, 5.41) is 17.6. The van der Waals surface area contributed by atoms with E-state index in [0.717, 1.165) is 28.1 Å². The number of nitrogens with one attached hydrogen (secondary N) is 1. The molecule has 144 valence electrons. The Kier molecular flexibility index (Phi) is 4.77. The van der Waals surface area contributed by atoms with Gasteiger partial charge in [-0.3, -0.25) is 4.79 Å². The number of para-hydroxylation sites is 1. The first-order chi connectivity index (χ1) is 13.5. The number of benzene rings is 2. The number of hydrogen-bond acceptors (Lipinski definition) is 5. The fourth-order valence-electron chi connectivity index (χ4n) is 3.48. The summed E-state index contributed by atoms with van der Waals surface area (Å²) in [6.45, 7) is 3.98. The zero-order valence-corrected chi connectivity index (χ0v) is 16.7. The molecule has 0 aliphatic carbocycles. The molecule has 0 radical (unpaired) electrons. The second-order valence-electron chi connectivity index (χ2n) is 6.72. The SMILES string of the molecule is COc1cc(C2SCC(=O)Nc3c2c(C)nn3-c2ccccc2C)ccc1O. The van der Waals surface area contributed by atoms with Crippen molar-refractivity contribution in [2.75, 3.05) is 18.2 Å². The number of ether oxygens (including phenoxy) is 1. The van der Waals surface area contributed by atoms with E-state index in [0.29, 0.717) is 17.3 Å². The topological polar surface area (TPSA) is 76.4 Å². The van der Waals surface area contributed by atoms with Gasteiger partial charge in [-0.1, -0.05) is 24.3 Å². The smallest absolute Gasteiger partial charge is 0.235 e. The third-order valence-corrected chi connectivity index (χ3v) is 6.13. The number of methoxy groups -OCH3 is 1. The molecule has 2 N–H and O–H groups in total. The number of aromatic nitrogens is 2. The molecule has 0 fully saturated rings. The Balaban J connectivity index is 1.90. The summed E-state index contributed by atoms with van der Waals surface area (Å²) in [6.07, 6.45) is 0. The number of hydrogen-bond donors (Lipinski definition) is 2. The van der Waals surface area contributed by atoms with Crippen LogP contribution >= 0.6 is 11.8 Å². The van der Waals surface area contributed by atoms with Gasteiger partial charge in [-0.05, 0) is 43.2 Å². The Bertz CT molecular complexity index is 1060. The number of phenols is 1. The minimum absolute atomic E-state index is 0.0609. The lowest BCUT2D eigenvalue weighted by molar-refractivity contribution is -0.113. The van der Waals surface area contributed by atoms with Crippen LogP contribution in [0.3, 0.4) is 0 Å². The Morgan fingerprint density at radius 1 is 1.25 bits per heavy atom. The van der Waals surface area contributed by atoms with E-state index in [1.165, 1.54) is 18.9 Å². The van der Waals surface area contributed by atoms with Crippen molar-refractivity contribution in [3.63, 3.8) is 0 Å². The Hall–Kier alpha value is -2.93. The molecule has 1 aliphatic heterocycles. The molecule has 1 atom stereocenters. The number of fused-ring (bicyclic) bond motifs is 1. The van der Waals surface area contributed by atoms with Gasteiger partial charge in [0, 0.05) is 5.56 Å². The predicted molar refractivity (Wildman–Crippen MR) is 111 cm³/mol. The van der Waals surface area contributed by atoms with Gasteiger partial charge in [0.1, 0.15) is 5.82 Å². The van der Waals surface area contributed by atoms with E-state index in [9.17, 15) is 9.90 Å². The largest absolute Gasteiger partial charge is 0.504 e. The van der Waals surface area contributed by atoms with Crippen molar-refractivity contribution in [2.24, 2.45) is 0 Å². The van der Waals surface area contributed by atoms with Crippen molar-refractivity contribution in [3.05, 3.63) is 64.8 Å². The zero-order valence-electron chi connectivity index (χ0n) is 15.9. The van der Waals surface area contributed by atoms with Crippen LogP contribution in [0.1, 0.15) is 27.6 Å². The minimum atomic E-state index is -0.110. The van der Waals surface area contributed by atoms with E-state index in [2.05, 4.69) is 5.32 Å². The summed E-state index contributed by atoms with van der Waals surface area (Å²) in [7, 11) is 1.52. The molecule has 1 amide bonds. The van der Waals surface area contributed by atoms with Crippen molar-refractivity contribution in [1.82, 2.24) is 9.78 Å². The highest BCUT2D eigenvalue weighted by Gasteiger charge is 2.31. The number of carbonyl (C=O) groups excluding carboxylic acids is 1. The highest BCUT2D eigenvalue weighted by molar-refractivity contribution is 8.00. The number of thioether (sulfide) groups is 1. The molecule has 0 saturated carbocycles. The average molecular weight is 395 g/mol.